The van der Waals surface area contributed by atoms with Gasteiger partial charge in [-0.2, -0.15) is 23.1 Å². The maximum Gasteiger partial charge on any atom is 0.418 e. The lowest BCUT2D eigenvalue weighted by molar-refractivity contribution is -0.137. The Morgan fingerprint density at radius 3 is 2.70 bits per heavy atom. The highest BCUT2D eigenvalue weighted by molar-refractivity contribution is 6.32. The van der Waals surface area contributed by atoms with Gasteiger partial charge in [-0.25, -0.2) is 20.3 Å². The second-order valence-corrected chi connectivity index (χ2v) is 12.9. The van der Waals surface area contributed by atoms with Crippen LogP contribution in [-0.2, 0) is 10.9 Å². The van der Waals surface area contributed by atoms with Gasteiger partial charge in [-0.05, 0) is 31.5 Å². The molecule has 244 valence electrons. The third-order valence-corrected chi connectivity index (χ3v) is 9.84. The normalized spacial score (nSPS) is 25.5. The van der Waals surface area contributed by atoms with Crippen molar-refractivity contribution >= 4 is 34.0 Å². The molecule has 0 aliphatic carbocycles. The van der Waals surface area contributed by atoms with Crippen molar-refractivity contribution in [3.63, 3.8) is 0 Å². The summed E-state index contributed by atoms with van der Waals surface area (Å²) in [6.07, 6.45) is -4.65. The summed E-state index contributed by atoms with van der Waals surface area (Å²) in [5.41, 5.74) is 1.27. The van der Waals surface area contributed by atoms with E-state index in [1.165, 1.54) is 0 Å². The smallest absolute Gasteiger partial charge is 0.418 e. The number of benzene rings is 1. The van der Waals surface area contributed by atoms with Crippen LogP contribution in [0.2, 0.25) is 5.02 Å². The SMILES string of the molecule is [C-]#[N+]CC1CC2(COC2)N(C)c2nc(OC[C@@]34CCCN3C[C@H](F)C4)nc3c(F)c(-c4cc(N)cc(Cl)c4C(F)(F)F)nc(c23)O1. The molecule has 2 N–H and O–H groups in total. The first-order valence-electron chi connectivity index (χ1n) is 14.8. The van der Waals surface area contributed by atoms with Gasteiger partial charge in [0.25, 0.3) is 6.54 Å². The first-order chi connectivity index (χ1) is 21.8. The van der Waals surface area contributed by atoms with Crippen LogP contribution in [0.25, 0.3) is 27.0 Å². The standard InChI is InChI=1S/C30H29ClF5N7O3/c1-38-10-17-9-29(12-44-13-29)42(2)25-20-24(40-27(41-25)45-14-28-4-3-5-43(28)11-15(32)8-28)22(33)23(39-26(20)46-17)18-6-16(37)7-19(31)21(18)30(34,35)36/h6-7,15,17H,3-5,8-14,37H2,2H3/t15-,17?,28+/m1/s1. The predicted octanol–water partition coefficient (Wildman–Crippen LogP) is 5.32. The lowest BCUT2D eigenvalue weighted by Gasteiger charge is -2.50. The van der Waals surface area contributed by atoms with Crippen LogP contribution < -0.4 is 20.1 Å². The molecule has 1 spiro atoms. The topological polar surface area (TPSA) is 103 Å². The number of hydrogen-bond acceptors (Lipinski definition) is 9. The molecule has 3 aromatic rings. The molecule has 3 saturated heterocycles. The number of fused-ring (bicyclic) bond motifs is 1. The Morgan fingerprint density at radius 2 is 2.00 bits per heavy atom. The Labute approximate surface area is 265 Å². The summed E-state index contributed by atoms with van der Waals surface area (Å²) in [5.74, 6) is -1.30. The molecule has 4 aliphatic rings. The number of halogens is 6. The van der Waals surface area contributed by atoms with Gasteiger partial charge in [0.2, 0.25) is 5.88 Å². The maximum atomic E-state index is 16.7. The van der Waals surface area contributed by atoms with Crippen LogP contribution in [0, 0.1) is 12.4 Å². The fourth-order valence-electron chi connectivity index (χ4n) is 7.26. The minimum absolute atomic E-state index is 0.00837. The van der Waals surface area contributed by atoms with Crippen LogP contribution in [0.15, 0.2) is 12.1 Å². The summed E-state index contributed by atoms with van der Waals surface area (Å²) in [7, 11) is 1.73. The van der Waals surface area contributed by atoms with E-state index in [1.54, 1.807) is 11.9 Å². The number of nitrogens with zero attached hydrogens (tertiary/aromatic N) is 6. The molecule has 0 radical (unpaired) electrons. The van der Waals surface area contributed by atoms with E-state index in [0.717, 1.165) is 25.1 Å². The Balaban J connectivity index is 1.45. The molecule has 4 aliphatic heterocycles. The average Bonchev–Trinajstić information content (AvgIpc) is 3.48. The van der Waals surface area contributed by atoms with Gasteiger partial charge in [0, 0.05) is 37.7 Å². The van der Waals surface area contributed by atoms with Crippen LogP contribution >= 0.6 is 11.6 Å². The molecule has 7 rings (SSSR count). The second kappa shape index (κ2) is 10.9. The van der Waals surface area contributed by atoms with Gasteiger partial charge < -0.3 is 29.7 Å². The minimum Gasteiger partial charge on any atom is -0.466 e. The van der Waals surface area contributed by atoms with E-state index in [1.807, 2.05) is 4.90 Å². The molecule has 3 fully saturated rings. The highest BCUT2D eigenvalue weighted by Crippen LogP contribution is 2.48. The number of pyridine rings is 1. The van der Waals surface area contributed by atoms with Crippen molar-refractivity contribution < 1.29 is 36.2 Å². The number of alkyl halides is 4. The van der Waals surface area contributed by atoms with E-state index in [9.17, 15) is 17.6 Å². The zero-order valence-corrected chi connectivity index (χ0v) is 25.4. The third kappa shape index (κ3) is 4.92. The molecule has 6 heterocycles. The van der Waals surface area contributed by atoms with Crippen molar-refractivity contribution in [3.05, 3.63) is 40.0 Å². The molecule has 16 heteroatoms. The predicted molar refractivity (Wildman–Crippen MR) is 158 cm³/mol. The van der Waals surface area contributed by atoms with E-state index in [-0.39, 0.29) is 68.0 Å². The fraction of sp³-hybridized carbons (Fsp3) is 0.533. The first-order valence-corrected chi connectivity index (χ1v) is 15.1. The van der Waals surface area contributed by atoms with Crippen LogP contribution in [0.1, 0.15) is 31.2 Å². The Hall–Kier alpha value is -3.74. The molecule has 10 nitrogen and oxygen atoms in total. The van der Waals surface area contributed by atoms with Crippen LogP contribution in [0.4, 0.5) is 33.5 Å². The van der Waals surface area contributed by atoms with Crippen molar-refractivity contribution in [2.45, 2.75) is 55.2 Å². The summed E-state index contributed by atoms with van der Waals surface area (Å²) in [6.45, 7) is 8.94. The molecule has 0 bridgehead atoms. The zero-order chi connectivity index (χ0) is 32.6. The summed E-state index contributed by atoms with van der Waals surface area (Å²) >= 11 is 6.01. The van der Waals surface area contributed by atoms with Crippen molar-refractivity contribution in [1.82, 2.24) is 19.9 Å². The average molecular weight is 666 g/mol. The molecule has 2 aromatic heterocycles. The lowest BCUT2D eigenvalue weighted by atomic mass is 9.87. The first kappa shape index (κ1) is 30.9. The van der Waals surface area contributed by atoms with Crippen molar-refractivity contribution in [2.75, 3.05) is 57.1 Å². The van der Waals surface area contributed by atoms with E-state index in [0.29, 0.717) is 13.0 Å². The third-order valence-electron chi connectivity index (χ3n) is 9.55. The Kier molecular flexibility index (Phi) is 7.33. The fourth-order valence-corrected chi connectivity index (χ4v) is 7.60. The number of likely N-dealkylation sites (N-methyl/N-ethyl adjacent to an activating group) is 1. The van der Waals surface area contributed by atoms with Crippen LogP contribution in [0.5, 0.6) is 11.9 Å². The van der Waals surface area contributed by atoms with Gasteiger partial charge in [-0.3, -0.25) is 4.90 Å². The molecule has 46 heavy (non-hydrogen) atoms. The largest absolute Gasteiger partial charge is 0.466 e. The summed E-state index contributed by atoms with van der Waals surface area (Å²) in [5, 5.41) is -0.744. The van der Waals surface area contributed by atoms with Crippen LogP contribution in [0.3, 0.4) is 0 Å². The van der Waals surface area contributed by atoms with Gasteiger partial charge in [-0.1, -0.05) is 11.6 Å². The van der Waals surface area contributed by atoms with Crippen molar-refractivity contribution in [1.29, 1.82) is 0 Å². The summed E-state index contributed by atoms with van der Waals surface area (Å²) < 4.78 is 91.9. The van der Waals surface area contributed by atoms with Gasteiger partial charge in [0.05, 0.1) is 34.9 Å². The van der Waals surface area contributed by atoms with E-state index in [2.05, 4.69) is 19.8 Å². The van der Waals surface area contributed by atoms with E-state index in [4.69, 9.17) is 38.1 Å². The molecule has 1 unspecified atom stereocenters. The number of nitrogens with two attached hydrogens (primary N) is 1. The Morgan fingerprint density at radius 1 is 1.22 bits per heavy atom. The molecule has 0 saturated carbocycles. The van der Waals surface area contributed by atoms with Crippen LogP contribution in [-0.4, -0.2) is 89.7 Å². The summed E-state index contributed by atoms with van der Waals surface area (Å²) in [4.78, 5) is 20.6. The molecule has 0 amide bonds. The number of aromatic nitrogens is 3. The Bertz CT molecular complexity index is 1770. The highest BCUT2D eigenvalue weighted by atomic mass is 35.5. The van der Waals surface area contributed by atoms with Crippen molar-refractivity contribution in [3.8, 4) is 23.1 Å². The number of hydrogen-bond donors (Lipinski definition) is 1. The number of nitrogen functional groups attached to an aromatic ring is 1. The highest BCUT2D eigenvalue weighted by Gasteiger charge is 2.51. The lowest BCUT2D eigenvalue weighted by Crippen LogP contribution is -2.64. The number of rotatable bonds is 5. The maximum absolute atomic E-state index is 16.7. The van der Waals surface area contributed by atoms with E-state index < -0.39 is 62.7 Å². The van der Waals surface area contributed by atoms with Gasteiger partial charge in [0.15, 0.2) is 11.9 Å². The monoisotopic (exact) mass is 665 g/mol. The minimum atomic E-state index is -4.99. The molecule has 3 atom stereocenters. The zero-order valence-electron chi connectivity index (χ0n) is 24.6. The quantitative estimate of drug-likeness (QED) is 0.221. The molecular formula is C30H29ClF5N7O3. The van der Waals surface area contributed by atoms with Gasteiger partial charge in [0.1, 0.15) is 35.2 Å². The molecular weight excluding hydrogens is 637 g/mol. The number of ether oxygens (including phenoxy) is 3. The van der Waals surface area contributed by atoms with E-state index >= 15 is 4.39 Å². The second-order valence-electron chi connectivity index (χ2n) is 12.5. The van der Waals surface area contributed by atoms with Crippen molar-refractivity contribution in [2.24, 2.45) is 0 Å². The van der Waals surface area contributed by atoms with Gasteiger partial charge in [-0.15, -0.1) is 0 Å². The summed E-state index contributed by atoms with van der Waals surface area (Å²) in [6, 6.07) is 1.62. The van der Waals surface area contributed by atoms with Gasteiger partial charge >= 0.3 is 12.2 Å². The molecule has 1 aromatic carbocycles. The number of anilines is 2.